The molecule has 0 spiro atoms. The van der Waals surface area contributed by atoms with E-state index in [9.17, 15) is 0 Å². The summed E-state index contributed by atoms with van der Waals surface area (Å²) in [6, 6.07) is 12.7. The molecule has 2 aromatic rings. The van der Waals surface area contributed by atoms with E-state index in [0.29, 0.717) is 0 Å². The monoisotopic (exact) mass is 200 g/mol. The van der Waals surface area contributed by atoms with Crippen molar-refractivity contribution in [3.8, 4) is 0 Å². The summed E-state index contributed by atoms with van der Waals surface area (Å²) >= 11 is 0. The summed E-state index contributed by atoms with van der Waals surface area (Å²) < 4.78 is 5.34. The normalized spacial score (nSPS) is 10.5. The molecule has 0 saturated heterocycles. The number of hydrogen-bond donors (Lipinski definition) is 0. The van der Waals surface area contributed by atoms with Gasteiger partial charge >= 0.3 is 0 Å². The molecular formula is C14H16O. The molecule has 0 fully saturated rings. The molecule has 15 heavy (non-hydrogen) atoms. The molecule has 0 aliphatic carbocycles. The highest BCUT2D eigenvalue weighted by atomic mass is 16.3. The predicted molar refractivity (Wildman–Crippen MR) is 62.0 cm³/mol. The second kappa shape index (κ2) is 4.83. The van der Waals surface area contributed by atoms with Gasteiger partial charge in [0.1, 0.15) is 5.76 Å². The second-order valence-corrected chi connectivity index (χ2v) is 3.83. The Balaban J connectivity index is 2.11. The summed E-state index contributed by atoms with van der Waals surface area (Å²) in [5, 5.41) is 0. The molecule has 0 saturated carbocycles. The Labute approximate surface area is 90.7 Å². The SMILES string of the molecule is CCCc1cccc(Cc2ccco2)c1. The van der Waals surface area contributed by atoms with Crippen LogP contribution in [0.15, 0.2) is 47.1 Å². The minimum atomic E-state index is 0.893. The molecule has 1 heteroatoms. The maximum absolute atomic E-state index is 5.34. The fraction of sp³-hybridized carbons (Fsp3) is 0.286. The van der Waals surface area contributed by atoms with Gasteiger partial charge in [0.15, 0.2) is 0 Å². The maximum Gasteiger partial charge on any atom is 0.108 e. The Bertz CT molecular complexity index is 401. The Morgan fingerprint density at radius 3 is 2.67 bits per heavy atom. The summed E-state index contributed by atoms with van der Waals surface area (Å²) in [6.45, 7) is 2.21. The van der Waals surface area contributed by atoms with Crippen molar-refractivity contribution in [2.45, 2.75) is 26.2 Å². The third-order valence-electron chi connectivity index (χ3n) is 2.49. The van der Waals surface area contributed by atoms with Crippen molar-refractivity contribution in [1.82, 2.24) is 0 Å². The standard InChI is InChI=1S/C14H16O/c1-2-5-12-6-3-7-13(10-12)11-14-8-4-9-15-14/h3-4,6-10H,2,5,11H2,1H3. The Kier molecular flexibility index (Phi) is 3.23. The van der Waals surface area contributed by atoms with Crippen LogP contribution in [0.4, 0.5) is 0 Å². The smallest absolute Gasteiger partial charge is 0.108 e. The summed E-state index contributed by atoms with van der Waals surface area (Å²) in [7, 11) is 0. The van der Waals surface area contributed by atoms with Gasteiger partial charge < -0.3 is 4.42 Å². The molecule has 0 bridgehead atoms. The molecule has 0 atom stereocenters. The maximum atomic E-state index is 5.34. The van der Waals surface area contributed by atoms with Gasteiger partial charge in [-0.1, -0.05) is 37.6 Å². The van der Waals surface area contributed by atoms with Crippen molar-refractivity contribution in [1.29, 1.82) is 0 Å². The van der Waals surface area contributed by atoms with Crippen LogP contribution < -0.4 is 0 Å². The molecule has 0 unspecified atom stereocenters. The first-order valence-corrected chi connectivity index (χ1v) is 5.48. The van der Waals surface area contributed by atoms with Gasteiger partial charge in [-0.2, -0.15) is 0 Å². The van der Waals surface area contributed by atoms with Crippen molar-refractivity contribution >= 4 is 0 Å². The van der Waals surface area contributed by atoms with Gasteiger partial charge in [0.25, 0.3) is 0 Å². The fourth-order valence-corrected chi connectivity index (χ4v) is 1.80. The molecule has 78 valence electrons. The van der Waals surface area contributed by atoms with E-state index in [1.807, 2.05) is 12.1 Å². The van der Waals surface area contributed by atoms with Crippen molar-refractivity contribution in [3.05, 3.63) is 59.5 Å². The molecule has 2 rings (SSSR count). The van der Waals surface area contributed by atoms with E-state index in [2.05, 4.69) is 31.2 Å². The first kappa shape index (κ1) is 10.0. The molecule has 0 aliphatic rings. The van der Waals surface area contributed by atoms with Gasteiger partial charge in [-0.25, -0.2) is 0 Å². The fourth-order valence-electron chi connectivity index (χ4n) is 1.80. The molecular weight excluding hydrogens is 184 g/mol. The minimum Gasteiger partial charge on any atom is -0.469 e. The van der Waals surface area contributed by atoms with E-state index in [-0.39, 0.29) is 0 Å². The molecule has 0 amide bonds. The van der Waals surface area contributed by atoms with Crippen LogP contribution in [-0.4, -0.2) is 0 Å². The number of aryl methyl sites for hydroxylation is 1. The Hall–Kier alpha value is -1.50. The average Bonchev–Trinajstić information content (AvgIpc) is 2.71. The van der Waals surface area contributed by atoms with Gasteiger partial charge in [0, 0.05) is 6.42 Å². The topological polar surface area (TPSA) is 13.1 Å². The highest BCUT2D eigenvalue weighted by molar-refractivity contribution is 5.26. The highest BCUT2D eigenvalue weighted by Crippen LogP contribution is 2.12. The summed E-state index contributed by atoms with van der Waals surface area (Å²) in [4.78, 5) is 0. The third-order valence-corrected chi connectivity index (χ3v) is 2.49. The molecule has 1 aromatic heterocycles. The van der Waals surface area contributed by atoms with Crippen molar-refractivity contribution in [2.24, 2.45) is 0 Å². The minimum absolute atomic E-state index is 0.893. The van der Waals surface area contributed by atoms with E-state index in [0.717, 1.165) is 18.6 Å². The summed E-state index contributed by atoms with van der Waals surface area (Å²) in [6.07, 6.45) is 4.98. The number of benzene rings is 1. The lowest BCUT2D eigenvalue weighted by atomic mass is 10.0. The van der Waals surface area contributed by atoms with Gasteiger partial charge in [-0.15, -0.1) is 0 Å². The quantitative estimate of drug-likeness (QED) is 0.731. The van der Waals surface area contributed by atoms with Crippen LogP contribution in [0.3, 0.4) is 0 Å². The lowest BCUT2D eigenvalue weighted by molar-refractivity contribution is 0.521. The zero-order chi connectivity index (χ0) is 10.5. The van der Waals surface area contributed by atoms with Crippen LogP contribution in [0.5, 0.6) is 0 Å². The third kappa shape index (κ3) is 2.72. The lowest BCUT2D eigenvalue weighted by Gasteiger charge is -2.02. The first-order valence-electron chi connectivity index (χ1n) is 5.48. The number of hydrogen-bond acceptors (Lipinski definition) is 1. The van der Waals surface area contributed by atoms with Crippen LogP contribution in [0.25, 0.3) is 0 Å². The second-order valence-electron chi connectivity index (χ2n) is 3.83. The van der Waals surface area contributed by atoms with Crippen LogP contribution in [0.2, 0.25) is 0 Å². The van der Waals surface area contributed by atoms with E-state index < -0.39 is 0 Å². The van der Waals surface area contributed by atoms with Crippen molar-refractivity contribution < 1.29 is 4.42 Å². The van der Waals surface area contributed by atoms with E-state index >= 15 is 0 Å². The molecule has 0 aliphatic heterocycles. The predicted octanol–water partition coefficient (Wildman–Crippen LogP) is 3.82. The van der Waals surface area contributed by atoms with E-state index in [1.165, 1.54) is 17.5 Å². The Morgan fingerprint density at radius 2 is 1.93 bits per heavy atom. The zero-order valence-electron chi connectivity index (χ0n) is 9.07. The highest BCUT2D eigenvalue weighted by Gasteiger charge is 1.99. The molecule has 0 N–H and O–H groups in total. The van der Waals surface area contributed by atoms with Gasteiger partial charge in [-0.3, -0.25) is 0 Å². The summed E-state index contributed by atoms with van der Waals surface area (Å²) in [5.74, 6) is 1.03. The van der Waals surface area contributed by atoms with Crippen molar-refractivity contribution in [3.63, 3.8) is 0 Å². The Morgan fingerprint density at radius 1 is 1.07 bits per heavy atom. The van der Waals surface area contributed by atoms with Crippen LogP contribution >= 0.6 is 0 Å². The van der Waals surface area contributed by atoms with Crippen LogP contribution in [-0.2, 0) is 12.8 Å². The number of furan rings is 1. The van der Waals surface area contributed by atoms with E-state index in [1.54, 1.807) is 6.26 Å². The van der Waals surface area contributed by atoms with Crippen LogP contribution in [0.1, 0.15) is 30.2 Å². The van der Waals surface area contributed by atoms with Crippen LogP contribution in [0, 0.1) is 0 Å². The molecule has 0 radical (unpaired) electrons. The largest absolute Gasteiger partial charge is 0.469 e. The first-order chi connectivity index (χ1) is 7.38. The molecule has 1 heterocycles. The zero-order valence-corrected chi connectivity index (χ0v) is 9.07. The average molecular weight is 200 g/mol. The lowest BCUT2D eigenvalue weighted by Crippen LogP contribution is -1.89. The molecule has 1 nitrogen and oxygen atoms in total. The van der Waals surface area contributed by atoms with Gasteiger partial charge in [0.2, 0.25) is 0 Å². The molecule has 1 aromatic carbocycles. The van der Waals surface area contributed by atoms with Crippen molar-refractivity contribution in [2.75, 3.05) is 0 Å². The summed E-state index contributed by atoms with van der Waals surface area (Å²) in [5.41, 5.74) is 2.75. The van der Waals surface area contributed by atoms with E-state index in [4.69, 9.17) is 4.42 Å². The van der Waals surface area contributed by atoms with Gasteiger partial charge in [0.05, 0.1) is 6.26 Å². The number of rotatable bonds is 4. The van der Waals surface area contributed by atoms with Gasteiger partial charge in [-0.05, 0) is 29.7 Å².